The zero-order chi connectivity index (χ0) is 8.34. The van der Waals surface area contributed by atoms with E-state index >= 15 is 0 Å². The number of hydrogen-bond donors (Lipinski definition) is 0. The highest BCUT2D eigenvalue weighted by atomic mass is 16.1. The molecular formula is C11H14O. The fourth-order valence-corrected chi connectivity index (χ4v) is 3.70. The summed E-state index contributed by atoms with van der Waals surface area (Å²) >= 11 is 0. The fourth-order valence-electron chi connectivity index (χ4n) is 3.70. The first-order valence-electron chi connectivity index (χ1n) is 4.92. The minimum Gasteiger partial charge on any atom is -0.299 e. The normalized spacial score (nSPS) is 53.6. The van der Waals surface area contributed by atoms with Crippen molar-refractivity contribution in [2.45, 2.75) is 26.2 Å². The summed E-state index contributed by atoms with van der Waals surface area (Å²) in [4.78, 5) is 11.5. The number of Topliss-reactive ketones (excluding diaryl/α,β-unsaturated/α-hetero) is 1. The summed E-state index contributed by atoms with van der Waals surface area (Å²) in [6, 6.07) is 0. The molecule has 64 valence electrons. The predicted molar refractivity (Wildman–Crippen MR) is 46.6 cm³/mol. The van der Waals surface area contributed by atoms with Crippen LogP contribution in [0.1, 0.15) is 26.2 Å². The fraction of sp³-hybridized carbons (Fsp3) is 0.727. The summed E-state index contributed by atoms with van der Waals surface area (Å²) in [5, 5.41) is 0. The molecule has 0 amide bonds. The van der Waals surface area contributed by atoms with E-state index in [4.69, 9.17) is 0 Å². The van der Waals surface area contributed by atoms with Gasteiger partial charge in [0.15, 0.2) is 0 Å². The molecule has 0 N–H and O–H groups in total. The van der Waals surface area contributed by atoms with E-state index in [1.807, 2.05) is 0 Å². The molecule has 2 fully saturated rings. The minimum absolute atomic E-state index is 0.113. The lowest BCUT2D eigenvalue weighted by atomic mass is 9.41. The van der Waals surface area contributed by atoms with Crippen LogP contribution in [0.4, 0.5) is 0 Å². The van der Waals surface area contributed by atoms with E-state index in [9.17, 15) is 4.79 Å². The van der Waals surface area contributed by atoms with Crippen molar-refractivity contribution in [1.82, 2.24) is 0 Å². The molecule has 12 heavy (non-hydrogen) atoms. The molecule has 0 aliphatic heterocycles. The maximum Gasteiger partial charge on any atom is 0.136 e. The SMILES string of the molecule is CC(=O)C12CC3C=CC1C(C3)C2. The molecular weight excluding hydrogens is 148 g/mol. The molecule has 0 heterocycles. The first kappa shape index (κ1) is 6.88. The van der Waals surface area contributed by atoms with Gasteiger partial charge in [-0.1, -0.05) is 12.2 Å². The molecule has 4 rings (SSSR count). The zero-order valence-electron chi connectivity index (χ0n) is 7.42. The van der Waals surface area contributed by atoms with Gasteiger partial charge in [-0.2, -0.15) is 0 Å². The molecule has 0 saturated heterocycles. The first-order valence-corrected chi connectivity index (χ1v) is 4.92. The standard InChI is InChI=1S/C11H14O/c1-7(12)11-5-8-2-3-10(11)9(4-8)6-11/h2-3,8-10H,4-6H2,1H3. The van der Waals surface area contributed by atoms with Crippen molar-refractivity contribution in [3.63, 3.8) is 0 Å². The lowest BCUT2D eigenvalue weighted by molar-refractivity contribution is -0.153. The van der Waals surface area contributed by atoms with Crippen LogP contribution >= 0.6 is 0 Å². The van der Waals surface area contributed by atoms with Crippen molar-refractivity contribution in [3.05, 3.63) is 12.2 Å². The third kappa shape index (κ3) is 0.562. The second kappa shape index (κ2) is 1.84. The van der Waals surface area contributed by atoms with Crippen LogP contribution in [0.5, 0.6) is 0 Å². The average molecular weight is 162 g/mol. The van der Waals surface area contributed by atoms with E-state index in [1.54, 1.807) is 6.92 Å². The zero-order valence-corrected chi connectivity index (χ0v) is 7.42. The summed E-state index contributed by atoms with van der Waals surface area (Å²) < 4.78 is 0. The van der Waals surface area contributed by atoms with Crippen molar-refractivity contribution < 1.29 is 4.79 Å². The molecule has 0 spiro atoms. The molecule has 4 atom stereocenters. The maximum atomic E-state index is 11.5. The number of ketones is 1. The third-order valence-electron chi connectivity index (χ3n) is 4.30. The summed E-state index contributed by atoms with van der Waals surface area (Å²) in [6.07, 6.45) is 8.35. The smallest absolute Gasteiger partial charge is 0.136 e. The second-order valence-corrected chi connectivity index (χ2v) is 4.79. The Morgan fingerprint density at radius 3 is 2.67 bits per heavy atom. The van der Waals surface area contributed by atoms with Gasteiger partial charge < -0.3 is 0 Å². The Morgan fingerprint density at radius 1 is 1.42 bits per heavy atom. The van der Waals surface area contributed by atoms with Gasteiger partial charge >= 0.3 is 0 Å². The van der Waals surface area contributed by atoms with E-state index in [1.165, 1.54) is 12.8 Å². The van der Waals surface area contributed by atoms with Crippen LogP contribution in [0.25, 0.3) is 0 Å². The molecule has 0 aromatic carbocycles. The van der Waals surface area contributed by atoms with Crippen molar-refractivity contribution in [2.24, 2.45) is 23.2 Å². The highest BCUT2D eigenvalue weighted by molar-refractivity contribution is 5.85. The molecule has 4 bridgehead atoms. The van der Waals surface area contributed by atoms with Gasteiger partial charge in [0.25, 0.3) is 0 Å². The van der Waals surface area contributed by atoms with Crippen molar-refractivity contribution >= 4 is 5.78 Å². The number of hydrogen-bond acceptors (Lipinski definition) is 1. The second-order valence-electron chi connectivity index (χ2n) is 4.79. The van der Waals surface area contributed by atoms with Gasteiger partial charge in [-0.15, -0.1) is 0 Å². The Kier molecular flexibility index (Phi) is 1.05. The van der Waals surface area contributed by atoms with Crippen LogP contribution in [0.2, 0.25) is 0 Å². The van der Waals surface area contributed by atoms with Crippen LogP contribution in [0.3, 0.4) is 0 Å². The minimum atomic E-state index is 0.113. The molecule has 0 aromatic heterocycles. The summed E-state index contributed by atoms with van der Waals surface area (Å²) in [6.45, 7) is 1.78. The van der Waals surface area contributed by atoms with E-state index in [0.717, 1.165) is 18.3 Å². The number of rotatable bonds is 1. The van der Waals surface area contributed by atoms with Crippen LogP contribution < -0.4 is 0 Å². The Morgan fingerprint density at radius 2 is 2.25 bits per heavy atom. The van der Waals surface area contributed by atoms with Crippen LogP contribution in [0.15, 0.2) is 12.2 Å². The first-order chi connectivity index (χ1) is 5.72. The van der Waals surface area contributed by atoms with Gasteiger partial charge in [0.1, 0.15) is 5.78 Å². The third-order valence-corrected chi connectivity index (χ3v) is 4.30. The number of allylic oxidation sites excluding steroid dienone is 2. The topological polar surface area (TPSA) is 17.1 Å². The molecule has 1 heteroatoms. The van der Waals surface area contributed by atoms with Gasteiger partial charge in [0.2, 0.25) is 0 Å². The summed E-state index contributed by atoms with van der Waals surface area (Å²) in [5.41, 5.74) is 0.113. The van der Waals surface area contributed by atoms with E-state index < -0.39 is 0 Å². The lowest BCUT2D eigenvalue weighted by Crippen LogP contribution is -2.58. The Hall–Kier alpha value is -0.590. The molecule has 4 aliphatic carbocycles. The van der Waals surface area contributed by atoms with E-state index in [2.05, 4.69) is 12.2 Å². The van der Waals surface area contributed by atoms with Gasteiger partial charge in [-0.05, 0) is 43.9 Å². The summed E-state index contributed by atoms with van der Waals surface area (Å²) in [7, 11) is 0. The van der Waals surface area contributed by atoms with Crippen LogP contribution in [0, 0.1) is 23.2 Å². The largest absolute Gasteiger partial charge is 0.299 e. The monoisotopic (exact) mass is 162 g/mol. The van der Waals surface area contributed by atoms with Crippen LogP contribution in [-0.4, -0.2) is 5.78 Å². The Bertz CT molecular complexity index is 279. The molecule has 2 saturated carbocycles. The quantitative estimate of drug-likeness (QED) is 0.540. The highest BCUT2D eigenvalue weighted by Crippen LogP contribution is 2.65. The Labute approximate surface area is 72.8 Å². The molecule has 4 aliphatic rings. The molecule has 0 radical (unpaired) electrons. The van der Waals surface area contributed by atoms with Crippen molar-refractivity contribution in [1.29, 1.82) is 0 Å². The average Bonchev–Trinajstić information content (AvgIpc) is 2.03. The number of carbonyl (C=O) groups is 1. The van der Waals surface area contributed by atoms with Crippen molar-refractivity contribution in [2.75, 3.05) is 0 Å². The van der Waals surface area contributed by atoms with E-state index in [0.29, 0.717) is 11.7 Å². The predicted octanol–water partition coefficient (Wildman–Crippen LogP) is 2.18. The van der Waals surface area contributed by atoms with Gasteiger partial charge in [0, 0.05) is 5.41 Å². The molecule has 4 unspecified atom stereocenters. The Balaban J connectivity index is 2.04. The van der Waals surface area contributed by atoms with Gasteiger partial charge in [0.05, 0.1) is 0 Å². The van der Waals surface area contributed by atoms with Gasteiger partial charge in [-0.25, -0.2) is 0 Å². The molecule has 0 aromatic rings. The maximum absolute atomic E-state index is 11.5. The van der Waals surface area contributed by atoms with Gasteiger partial charge in [-0.3, -0.25) is 4.79 Å². The highest BCUT2D eigenvalue weighted by Gasteiger charge is 2.61. The molecule has 1 nitrogen and oxygen atoms in total. The number of carbonyl (C=O) groups excluding carboxylic acids is 1. The lowest BCUT2D eigenvalue weighted by Gasteiger charge is -2.61. The van der Waals surface area contributed by atoms with Crippen molar-refractivity contribution in [3.8, 4) is 0 Å². The van der Waals surface area contributed by atoms with Crippen LogP contribution in [-0.2, 0) is 4.79 Å². The summed E-state index contributed by atoms with van der Waals surface area (Å²) in [5.74, 6) is 2.66. The van der Waals surface area contributed by atoms with E-state index in [-0.39, 0.29) is 5.41 Å².